The van der Waals surface area contributed by atoms with E-state index in [9.17, 15) is 13.2 Å². The number of hydrogen-bond acceptors (Lipinski definition) is 3. The second-order valence-electron chi connectivity index (χ2n) is 6.91. The largest absolute Gasteiger partial charge is 0.329 e. The maximum absolute atomic E-state index is 13.2. The van der Waals surface area contributed by atoms with Crippen LogP contribution in [0.4, 0.5) is 16.2 Å². The summed E-state index contributed by atoms with van der Waals surface area (Å²) in [4.78, 5) is 16.5. The molecule has 5 nitrogen and oxygen atoms in total. The van der Waals surface area contributed by atoms with E-state index in [4.69, 9.17) is 0 Å². The van der Waals surface area contributed by atoms with Crippen molar-refractivity contribution in [2.24, 2.45) is 0 Å². The molecule has 4 rings (SSSR count). The van der Waals surface area contributed by atoms with E-state index in [1.54, 1.807) is 9.80 Å². The maximum atomic E-state index is 13.2. The predicted molar refractivity (Wildman–Crippen MR) is 98.9 cm³/mol. The first-order chi connectivity index (χ1) is 11.9. The van der Waals surface area contributed by atoms with Gasteiger partial charge in [-0.3, -0.25) is 9.80 Å². The fraction of sp³-hybridized carbons (Fsp3) is 0.316. The van der Waals surface area contributed by atoms with Crippen molar-refractivity contribution in [1.82, 2.24) is 0 Å². The van der Waals surface area contributed by atoms with Crippen molar-refractivity contribution in [3.63, 3.8) is 0 Å². The lowest BCUT2D eigenvalue weighted by atomic mass is 10.1. The Morgan fingerprint density at radius 3 is 2.04 bits per heavy atom. The molecule has 2 unspecified atom stereocenters. The van der Waals surface area contributed by atoms with Gasteiger partial charge in [-0.05, 0) is 43.7 Å². The number of nitrogens with zero attached hydrogens (tertiary/aromatic N) is 2. The van der Waals surface area contributed by atoms with Crippen LogP contribution in [-0.2, 0) is 9.84 Å². The first kappa shape index (κ1) is 16.1. The van der Waals surface area contributed by atoms with Gasteiger partial charge in [0.1, 0.15) is 0 Å². The van der Waals surface area contributed by atoms with Crippen molar-refractivity contribution in [1.29, 1.82) is 0 Å². The van der Waals surface area contributed by atoms with Gasteiger partial charge in [-0.1, -0.05) is 29.8 Å². The molecule has 2 aliphatic rings. The zero-order chi connectivity index (χ0) is 17.8. The predicted octanol–water partition coefficient (Wildman–Crippen LogP) is 2.92. The lowest BCUT2D eigenvalue weighted by Crippen LogP contribution is -2.37. The minimum absolute atomic E-state index is 0.0135. The number of benzene rings is 2. The van der Waals surface area contributed by atoms with Crippen LogP contribution in [0.25, 0.3) is 0 Å². The Bertz CT molecular complexity index is 937. The van der Waals surface area contributed by atoms with Crippen molar-refractivity contribution in [2.45, 2.75) is 25.9 Å². The van der Waals surface area contributed by atoms with Gasteiger partial charge in [-0.15, -0.1) is 0 Å². The molecule has 0 spiro atoms. The zero-order valence-electron chi connectivity index (χ0n) is 14.2. The highest BCUT2D eigenvalue weighted by Crippen LogP contribution is 2.38. The van der Waals surface area contributed by atoms with Gasteiger partial charge >= 0.3 is 6.03 Å². The highest BCUT2D eigenvalue weighted by atomic mass is 32.2. The van der Waals surface area contributed by atoms with Gasteiger partial charge in [0.15, 0.2) is 9.84 Å². The van der Waals surface area contributed by atoms with E-state index in [1.165, 1.54) is 0 Å². The second-order valence-corrected chi connectivity index (χ2v) is 9.06. The minimum Gasteiger partial charge on any atom is -0.288 e. The molecular weight excluding hydrogens is 336 g/mol. The fourth-order valence-electron chi connectivity index (χ4n) is 3.79. The van der Waals surface area contributed by atoms with Crippen LogP contribution in [0, 0.1) is 13.8 Å². The number of carbonyl (C=O) groups excluding carboxylic acids is 1. The number of aryl methyl sites for hydroxylation is 2. The Morgan fingerprint density at radius 2 is 1.44 bits per heavy atom. The SMILES string of the molecule is Cc1ccc(N2C(=O)N(c3cccc(C)c3)C3CS(=O)(=O)CC32)cc1. The summed E-state index contributed by atoms with van der Waals surface area (Å²) in [7, 11) is -3.16. The number of fused-ring (bicyclic) bond motifs is 1. The number of carbonyl (C=O) groups is 1. The summed E-state index contributed by atoms with van der Waals surface area (Å²) in [5.41, 5.74) is 3.64. The molecule has 2 aromatic rings. The third-order valence-electron chi connectivity index (χ3n) is 4.96. The van der Waals surface area contributed by atoms with Gasteiger partial charge in [0.25, 0.3) is 0 Å². The Hall–Kier alpha value is -2.34. The van der Waals surface area contributed by atoms with Crippen molar-refractivity contribution in [2.75, 3.05) is 21.3 Å². The summed E-state index contributed by atoms with van der Waals surface area (Å²) in [5.74, 6) is 0.0271. The molecule has 2 heterocycles. The van der Waals surface area contributed by atoms with Crippen molar-refractivity contribution < 1.29 is 13.2 Å². The average molecular weight is 356 g/mol. The summed E-state index contributed by atoms with van der Waals surface area (Å²) < 4.78 is 24.5. The molecular formula is C19H20N2O3S. The molecule has 2 aromatic carbocycles. The molecule has 2 fully saturated rings. The summed E-state index contributed by atoms with van der Waals surface area (Å²) in [5, 5.41) is 0. The first-order valence-electron chi connectivity index (χ1n) is 8.32. The molecule has 2 atom stereocenters. The fourth-order valence-corrected chi connectivity index (χ4v) is 5.71. The van der Waals surface area contributed by atoms with E-state index < -0.39 is 9.84 Å². The van der Waals surface area contributed by atoms with E-state index in [0.29, 0.717) is 0 Å². The molecule has 6 heteroatoms. The van der Waals surface area contributed by atoms with Gasteiger partial charge < -0.3 is 0 Å². The van der Waals surface area contributed by atoms with Crippen LogP contribution in [0.5, 0.6) is 0 Å². The highest BCUT2D eigenvalue weighted by molar-refractivity contribution is 7.91. The number of amides is 2. The van der Waals surface area contributed by atoms with E-state index in [0.717, 1.165) is 22.5 Å². The third-order valence-corrected chi connectivity index (χ3v) is 6.66. The van der Waals surface area contributed by atoms with Gasteiger partial charge in [-0.2, -0.15) is 0 Å². The van der Waals surface area contributed by atoms with E-state index >= 15 is 0 Å². The first-order valence-corrected chi connectivity index (χ1v) is 10.1. The molecule has 0 N–H and O–H groups in total. The molecule has 0 aliphatic carbocycles. The Labute approximate surface area is 147 Å². The quantitative estimate of drug-likeness (QED) is 0.778. The lowest BCUT2D eigenvalue weighted by molar-refractivity contribution is 0.255. The number of hydrogen-bond donors (Lipinski definition) is 0. The van der Waals surface area contributed by atoms with Gasteiger partial charge in [0, 0.05) is 11.4 Å². The molecule has 0 radical (unpaired) electrons. The number of urea groups is 1. The standard InChI is InChI=1S/C19H20N2O3S/c1-13-6-8-15(9-7-13)20-17-11-25(23,24)12-18(17)21(19(20)22)16-5-3-4-14(2)10-16/h3-10,17-18H,11-12H2,1-2H3. The molecule has 2 aliphatic heterocycles. The maximum Gasteiger partial charge on any atom is 0.329 e. The topological polar surface area (TPSA) is 57.7 Å². The molecule has 2 amide bonds. The molecule has 2 saturated heterocycles. The van der Waals surface area contributed by atoms with Gasteiger partial charge in [-0.25, -0.2) is 13.2 Å². The van der Waals surface area contributed by atoms with E-state index in [-0.39, 0.29) is 29.6 Å². The molecule has 0 saturated carbocycles. The van der Waals surface area contributed by atoms with Gasteiger partial charge in [0.05, 0.1) is 23.6 Å². The summed E-state index contributed by atoms with van der Waals surface area (Å²) >= 11 is 0. The highest BCUT2D eigenvalue weighted by Gasteiger charge is 2.54. The summed E-state index contributed by atoms with van der Waals surface area (Å²) in [6.07, 6.45) is 0. The third kappa shape index (κ3) is 2.70. The molecule has 0 aromatic heterocycles. The van der Waals surface area contributed by atoms with Crippen LogP contribution in [0.1, 0.15) is 11.1 Å². The average Bonchev–Trinajstić information content (AvgIpc) is 2.97. The summed E-state index contributed by atoms with van der Waals surface area (Å²) in [6, 6.07) is 14.5. The van der Waals surface area contributed by atoms with Gasteiger partial charge in [0.2, 0.25) is 0 Å². The van der Waals surface area contributed by atoms with Crippen LogP contribution < -0.4 is 9.80 Å². The minimum atomic E-state index is -3.16. The smallest absolute Gasteiger partial charge is 0.288 e. The molecule has 130 valence electrons. The van der Waals surface area contributed by atoms with E-state index in [1.807, 2.05) is 62.4 Å². The Balaban J connectivity index is 1.81. The van der Waals surface area contributed by atoms with Crippen molar-refractivity contribution >= 4 is 27.2 Å². The number of sulfone groups is 1. The number of anilines is 2. The summed E-state index contributed by atoms with van der Waals surface area (Å²) in [6.45, 7) is 3.95. The van der Waals surface area contributed by atoms with Crippen molar-refractivity contribution in [3.05, 3.63) is 59.7 Å². The lowest BCUT2D eigenvalue weighted by Gasteiger charge is -2.23. The Morgan fingerprint density at radius 1 is 0.840 bits per heavy atom. The molecule has 25 heavy (non-hydrogen) atoms. The monoisotopic (exact) mass is 356 g/mol. The second kappa shape index (κ2) is 5.59. The van der Waals surface area contributed by atoms with Crippen LogP contribution in [0.2, 0.25) is 0 Å². The van der Waals surface area contributed by atoms with Crippen molar-refractivity contribution in [3.8, 4) is 0 Å². The van der Waals surface area contributed by atoms with Crippen LogP contribution >= 0.6 is 0 Å². The van der Waals surface area contributed by atoms with Crippen LogP contribution in [-0.4, -0.2) is 38.0 Å². The molecule has 0 bridgehead atoms. The van der Waals surface area contributed by atoms with Crippen LogP contribution in [0.15, 0.2) is 48.5 Å². The van der Waals surface area contributed by atoms with E-state index in [2.05, 4.69) is 0 Å². The number of rotatable bonds is 2. The Kier molecular flexibility index (Phi) is 3.61. The zero-order valence-corrected chi connectivity index (χ0v) is 15.0. The van der Waals surface area contributed by atoms with Crippen LogP contribution in [0.3, 0.4) is 0 Å². The normalized spacial score (nSPS) is 24.6.